The smallest absolute Gasteiger partial charge is 0.253 e. The summed E-state index contributed by atoms with van der Waals surface area (Å²) in [6.07, 6.45) is 1.34. The van der Waals surface area contributed by atoms with Crippen LogP contribution in [0, 0.1) is 0 Å². The number of nitrogens with one attached hydrogen (secondary N) is 1. The molecule has 7 heteroatoms. The van der Waals surface area contributed by atoms with Crippen molar-refractivity contribution < 1.29 is 14.3 Å². The molecule has 18 heavy (non-hydrogen) atoms. The molecule has 0 aromatic rings. The molecule has 0 bridgehead atoms. The van der Waals surface area contributed by atoms with E-state index < -0.39 is 12.0 Å². The maximum atomic E-state index is 12.1. The molecular formula is C11H22ClN3O3. The largest absolute Gasteiger partial charge is 0.368 e. The number of morpholine rings is 1. The Labute approximate surface area is 114 Å². The minimum atomic E-state index is -0.488. The number of unbranched alkanes of at least 4 members (excludes halogenated alkanes) is 1. The average Bonchev–Trinajstić information content (AvgIpc) is 2.34. The summed E-state index contributed by atoms with van der Waals surface area (Å²) in [5.41, 5.74) is 5.14. The minimum absolute atomic E-state index is 0. The van der Waals surface area contributed by atoms with E-state index in [2.05, 4.69) is 5.32 Å². The first-order chi connectivity index (χ1) is 8.15. The topological polar surface area (TPSA) is 84.7 Å². The van der Waals surface area contributed by atoms with Crippen molar-refractivity contribution in [2.45, 2.75) is 25.9 Å². The Kier molecular flexibility index (Phi) is 8.70. The van der Waals surface area contributed by atoms with E-state index in [4.69, 9.17) is 10.5 Å². The van der Waals surface area contributed by atoms with Crippen molar-refractivity contribution in [1.29, 1.82) is 0 Å². The summed E-state index contributed by atoms with van der Waals surface area (Å²) in [6, 6.07) is 0. The van der Waals surface area contributed by atoms with Gasteiger partial charge in [0.1, 0.15) is 6.10 Å². The van der Waals surface area contributed by atoms with Gasteiger partial charge in [0.05, 0.1) is 13.2 Å². The van der Waals surface area contributed by atoms with Gasteiger partial charge >= 0.3 is 0 Å². The van der Waals surface area contributed by atoms with Crippen molar-refractivity contribution in [2.75, 3.05) is 32.8 Å². The Morgan fingerprint density at radius 3 is 2.72 bits per heavy atom. The average molecular weight is 280 g/mol. The van der Waals surface area contributed by atoms with E-state index in [1.165, 1.54) is 4.90 Å². The zero-order valence-electron chi connectivity index (χ0n) is 10.7. The van der Waals surface area contributed by atoms with Crippen LogP contribution in [-0.4, -0.2) is 55.6 Å². The van der Waals surface area contributed by atoms with E-state index in [0.717, 1.165) is 19.4 Å². The zero-order chi connectivity index (χ0) is 12.7. The lowest BCUT2D eigenvalue weighted by Crippen LogP contribution is -2.51. The van der Waals surface area contributed by atoms with Gasteiger partial charge in [-0.2, -0.15) is 0 Å². The van der Waals surface area contributed by atoms with Crippen LogP contribution in [0.3, 0.4) is 0 Å². The number of amides is 2. The SMILES string of the molecule is CCCCN(CC(N)=O)C(=O)C1CNCCO1.Cl. The molecule has 106 valence electrons. The van der Waals surface area contributed by atoms with E-state index in [9.17, 15) is 9.59 Å². The third-order valence-corrected chi connectivity index (χ3v) is 2.64. The lowest BCUT2D eigenvalue weighted by molar-refractivity contribution is -0.147. The summed E-state index contributed by atoms with van der Waals surface area (Å²) in [5, 5.41) is 3.09. The molecule has 0 radical (unpaired) electrons. The van der Waals surface area contributed by atoms with Gasteiger partial charge in [-0.1, -0.05) is 13.3 Å². The fraction of sp³-hybridized carbons (Fsp3) is 0.818. The van der Waals surface area contributed by atoms with Gasteiger partial charge in [0.25, 0.3) is 5.91 Å². The second-order valence-corrected chi connectivity index (χ2v) is 4.14. The molecule has 2 amide bonds. The van der Waals surface area contributed by atoms with Gasteiger partial charge in [-0.3, -0.25) is 9.59 Å². The molecule has 0 aromatic heterocycles. The molecule has 6 nitrogen and oxygen atoms in total. The zero-order valence-corrected chi connectivity index (χ0v) is 11.5. The summed E-state index contributed by atoms with van der Waals surface area (Å²) in [7, 11) is 0. The molecule has 0 aliphatic carbocycles. The number of nitrogens with two attached hydrogens (primary N) is 1. The van der Waals surface area contributed by atoms with Gasteiger partial charge in [0.15, 0.2) is 0 Å². The Morgan fingerprint density at radius 2 is 2.22 bits per heavy atom. The number of hydrogen-bond donors (Lipinski definition) is 2. The molecule has 3 N–H and O–H groups in total. The lowest BCUT2D eigenvalue weighted by Gasteiger charge is -2.29. The number of rotatable bonds is 6. The highest BCUT2D eigenvalue weighted by molar-refractivity contribution is 5.86. The first-order valence-corrected chi connectivity index (χ1v) is 6.04. The van der Waals surface area contributed by atoms with E-state index in [1.54, 1.807) is 0 Å². The third kappa shape index (κ3) is 5.66. The van der Waals surface area contributed by atoms with Crippen LogP contribution >= 0.6 is 12.4 Å². The van der Waals surface area contributed by atoms with Gasteiger partial charge in [-0.25, -0.2) is 0 Å². The summed E-state index contributed by atoms with van der Waals surface area (Å²) in [4.78, 5) is 24.5. The summed E-state index contributed by atoms with van der Waals surface area (Å²) in [5.74, 6) is -0.636. The van der Waals surface area contributed by atoms with Gasteiger partial charge in [0, 0.05) is 19.6 Å². The summed E-state index contributed by atoms with van der Waals surface area (Å²) in [6.45, 7) is 4.34. The lowest BCUT2D eigenvalue weighted by atomic mass is 10.2. The molecular weight excluding hydrogens is 258 g/mol. The van der Waals surface area contributed by atoms with Crippen molar-refractivity contribution in [1.82, 2.24) is 10.2 Å². The van der Waals surface area contributed by atoms with Crippen LogP contribution in [-0.2, 0) is 14.3 Å². The highest BCUT2D eigenvalue weighted by Crippen LogP contribution is 2.04. The first kappa shape index (κ1) is 17.2. The fourth-order valence-corrected chi connectivity index (χ4v) is 1.73. The van der Waals surface area contributed by atoms with E-state index >= 15 is 0 Å². The van der Waals surface area contributed by atoms with Crippen molar-refractivity contribution in [2.24, 2.45) is 5.73 Å². The second kappa shape index (κ2) is 9.13. The van der Waals surface area contributed by atoms with Gasteiger partial charge in [-0.15, -0.1) is 12.4 Å². The molecule has 1 atom stereocenters. The Balaban J connectivity index is 0.00000289. The van der Waals surface area contributed by atoms with Gasteiger partial charge in [0.2, 0.25) is 5.91 Å². The van der Waals surface area contributed by atoms with Crippen LogP contribution in [0.5, 0.6) is 0 Å². The van der Waals surface area contributed by atoms with Gasteiger partial charge < -0.3 is 20.7 Å². The molecule has 1 fully saturated rings. The number of hydrogen-bond acceptors (Lipinski definition) is 4. The molecule has 1 heterocycles. The second-order valence-electron chi connectivity index (χ2n) is 4.14. The molecule has 1 saturated heterocycles. The fourth-order valence-electron chi connectivity index (χ4n) is 1.73. The molecule has 0 saturated carbocycles. The number of halogens is 1. The Morgan fingerprint density at radius 1 is 1.50 bits per heavy atom. The predicted molar refractivity (Wildman–Crippen MR) is 70.5 cm³/mol. The maximum Gasteiger partial charge on any atom is 0.253 e. The van der Waals surface area contributed by atoms with Crippen LogP contribution in [0.2, 0.25) is 0 Å². The molecule has 0 spiro atoms. The monoisotopic (exact) mass is 279 g/mol. The summed E-state index contributed by atoms with van der Waals surface area (Å²) < 4.78 is 5.38. The number of nitrogens with zero attached hydrogens (tertiary/aromatic N) is 1. The van der Waals surface area contributed by atoms with Crippen LogP contribution < -0.4 is 11.1 Å². The molecule has 1 rings (SSSR count). The summed E-state index contributed by atoms with van der Waals surface area (Å²) >= 11 is 0. The van der Waals surface area contributed by atoms with Crippen LogP contribution in [0.4, 0.5) is 0 Å². The highest BCUT2D eigenvalue weighted by atomic mass is 35.5. The first-order valence-electron chi connectivity index (χ1n) is 6.04. The quantitative estimate of drug-likeness (QED) is 0.687. The molecule has 1 unspecified atom stereocenters. The van der Waals surface area contributed by atoms with E-state index in [1.807, 2.05) is 6.92 Å². The standard InChI is InChI=1S/C11H21N3O3.ClH/c1-2-3-5-14(8-10(12)15)11(16)9-7-13-4-6-17-9;/h9,13H,2-8H2,1H3,(H2,12,15);1H. The normalized spacial score (nSPS) is 18.8. The van der Waals surface area contributed by atoms with E-state index in [-0.39, 0.29) is 24.9 Å². The predicted octanol–water partition coefficient (Wildman–Crippen LogP) is -0.489. The number of primary amides is 1. The third-order valence-electron chi connectivity index (χ3n) is 2.64. The highest BCUT2D eigenvalue weighted by Gasteiger charge is 2.27. The van der Waals surface area contributed by atoms with E-state index in [0.29, 0.717) is 19.7 Å². The number of ether oxygens (including phenoxy) is 1. The van der Waals surface area contributed by atoms with Crippen molar-refractivity contribution in [3.8, 4) is 0 Å². The number of carbonyl (C=O) groups is 2. The molecule has 1 aliphatic heterocycles. The minimum Gasteiger partial charge on any atom is -0.368 e. The van der Waals surface area contributed by atoms with Crippen LogP contribution in [0.25, 0.3) is 0 Å². The maximum absolute atomic E-state index is 12.1. The van der Waals surface area contributed by atoms with Gasteiger partial charge in [-0.05, 0) is 6.42 Å². The Hall–Kier alpha value is -0.850. The van der Waals surface area contributed by atoms with Crippen molar-refractivity contribution in [3.63, 3.8) is 0 Å². The number of carbonyl (C=O) groups excluding carboxylic acids is 2. The molecule has 0 aromatic carbocycles. The van der Waals surface area contributed by atoms with Crippen LogP contribution in [0.15, 0.2) is 0 Å². The van der Waals surface area contributed by atoms with Crippen LogP contribution in [0.1, 0.15) is 19.8 Å². The van der Waals surface area contributed by atoms with Crippen molar-refractivity contribution in [3.05, 3.63) is 0 Å². The molecule has 1 aliphatic rings. The Bertz CT molecular complexity index is 270. The van der Waals surface area contributed by atoms with Crippen molar-refractivity contribution >= 4 is 24.2 Å².